The highest BCUT2D eigenvalue weighted by atomic mass is 79.9. The number of carbonyl (C=O) groups excluding carboxylic acids is 1. The minimum Gasteiger partial charge on any atom is -0.497 e. The van der Waals surface area contributed by atoms with E-state index in [4.69, 9.17) is 13.9 Å². The predicted molar refractivity (Wildman–Crippen MR) is 119 cm³/mol. The Kier molecular flexibility index (Phi) is 5.99. The van der Waals surface area contributed by atoms with Gasteiger partial charge in [-0.3, -0.25) is 4.79 Å². The maximum atomic E-state index is 13.8. The Morgan fingerprint density at radius 3 is 2.27 bits per heavy atom. The van der Waals surface area contributed by atoms with Gasteiger partial charge in [0.25, 0.3) is 0 Å². The number of hydrogen-bond acceptors (Lipinski definition) is 5. The molecule has 168 valence electrons. The van der Waals surface area contributed by atoms with Crippen molar-refractivity contribution in [3.63, 3.8) is 0 Å². The van der Waals surface area contributed by atoms with Crippen LogP contribution < -0.4 is 14.9 Å². The zero-order chi connectivity index (χ0) is 23.8. The second-order valence-corrected chi connectivity index (χ2v) is 7.74. The highest BCUT2D eigenvalue weighted by molar-refractivity contribution is 9.10. The van der Waals surface area contributed by atoms with Gasteiger partial charge in [0.2, 0.25) is 11.2 Å². The molecule has 0 N–H and O–H groups in total. The van der Waals surface area contributed by atoms with Gasteiger partial charge < -0.3 is 13.9 Å². The Labute approximate surface area is 193 Å². The molecular weight excluding hydrogens is 505 g/mol. The van der Waals surface area contributed by atoms with Crippen LogP contribution in [0.1, 0.15) is 16.1 Å². The highest BCUT2D eigenvalue weighted by Gasteiger charge is 2.39. The van der Waals surface area contributed by atoms with E-state index in [1.807, 2.05) is 0 Å². The number of alkyl halides is 3. The van der Waals surface area contributed by atoms with E-state index in [9.17, 15) is 22.8 Å². The van der Waals surface area contributed by atoms with Crippen LogP contribution in [0.2, 0.25) is 0 Å². The van der Waals surface area contributed by atoms with Gasteiger partial charge in [-0.1, -0.05) is 24.3 Å². The Hall–Kier alpha value is -3.59. The topological polar surface area (TPSA) is 65.7 Å². The molecular formula is C24H14BrF3O5. The maximum absolute atomic E-state index is 13.8. The molecule has 0 atom stereocenters. The molecule has 0 unspecified atom stereocenters. The second kappa shape index (κ2) is 8.74. The van der Waals surface area contributed by atoms with Gasteiger partial charge in [0.05, 0.1) is 23.6 Å². The third kappa shape index (κ3) is 4.49. The Morgan fingerprint density at radius 1 is 0.970 bits per heavy atom. The Morgan fingerprint density at radius 2 is 1.64 bits per heavy atom. The number of halogens is 4. The Bertz CT molecular complexity index is 1410. The first-order chi connectivity index (χ1) is 15.7. The molecule has 0 aliphatic rings. The normalized spacial score (nSPS) is 11.4. The number of fused-ring (bicyclic) bond motifs is 1. The van der Waals surface area contributed by atoms with E-state index in [1.54, 1.807) is 18.2 Å². The summed E-state index contributed by atoms with van der Waals surface area (Å²) in [7, 11) is 1.42. The monoisotopic (exact) mass is 518 g/mol. The standard InChI is InChI=1S/C24H14BrF3O5/c1-31-14-8-6-13(7-9-14)20-21(29)17-11-10-15(12-19(17)33-22(20)24(26,27)28)32-23(30)16-4-2-3-5-18(16)25/h2-12H,1H3. The fraction of sp³-hybridized carbons (Fsp3) is 0.0833. The van der Waals surface area contributed by atoms with Crippen LogP contribution in [0.25, 0.3) is 22.1 Å². The van der Waals surface area contributed by atoms with E-state index in [1.165, 1.54) is 49.6 Å². The first-order valence-corrected chi connectivity index (χ1v) is 10.3. The molecule has 1 aromatic heterocycles. The predicted octanol–water partition coefficient (Wildman–Crippen LogP) is 6.47. The van der Waals surface area contributed by atoms with E-state index in [0.29, 0.717) is 10.2 Å². The van der Waals surface area contributed by atoms with Crippen molar-refractivity contribution >= 4 is 32.9 Å². The number of methoxy groups -OCH3 is 1. The number of benzene rings is 3. The molecule has 0 saturated heterocycles. The van der Waals surface area contributed by atoms with Gasteiger partial charge in [-0.05, 0) is 57.9 Å². The van der Waals surface area contributed by atoms with Crippen LogP contribution in [-0.2, 0) is 6.18 Å². The van der Waals surface area contributed by atoms with E-state index in [-0.39, 0.29) is 27.8 Å². The molecule has 33 heavy (non-hydrogen) atoms. The first kappa shape index (κ1) is 22.6. The van der Waals surface area contributed by atoms with E-state index < -0.39 is 28.9 Å². The zero-order valence-corrected chi connectivity index (χ0v) is 18.5. The second-order valence-electron chi connectivity index (χ2n) is 6.89. The van der Waals surface area contributed by atoms with Crippen LogP contribution in [-0.4, -0.2) is 13.1 Å². The number of hydrogen-bond donors (Lipinski definition) is 0. The van der Waals surface area contributed by atoms with Gasteiger partial charge in [0, 0.05) is 10.5 Å². The molecule has 1 heterocycles. The molecule has 0 spiro atoms. The van der Waals surface area contributed by atoms with Crippen LogP contribution in [0.3, 0.4) is 0 Å². The minimum absolute atomic E-state index is 0.0307. The van der Waals surface area contributed by atoms with Crippen molar-refractivity contribution in [2.45, 2.75) is 6.18 Å². The fourth-order valence-corrected chi connectivity index (χ4v) is 3.69. The van der Waals surface area contributed by atoms with Crippen molar-refractivity contribution < 1.29 is 31.9 Å². The lowest BCUT2D eigenvalue weighted by molar-refractivity contribution is -0.152. The summed E-state index contributed by atoms with van der Waals surface area (Å²) >= 11 is 3.24. The molecule has 5 nitrogen and oxygen atoms in total. The summed E-state index contributed by atoms with van der Waals surface area (Å²) in [6.07, 6.45) is -4.94. The molecule has 0 amide bonds. The van der Waals surface area contributed by atoms with Crippen molar-refractivity contribution in [3.8, 4) is 22.6 Å². The molecule has 4 rings (SSSR count). The minimum atomic E-state index is -4.94. The highest BCUT2D eigenvalue weighted by Crippen LogP contribution is 2.38. The fourth-order valence-electron chi connectivity index (χ4n) is 3.25. The molecule has 0 bridgehead atoms. The third-order valence-corrected chi connectivity index (χ3v) is 5.50. The van der Waals surface area contributed by atoms with Crippen molar-refractivity contribution in [1.82, 2.24) is 0 Å². The summed E-state index contributed by atoms with van der Waals surface area (Å²) in [6, 6.07) is 15.8. The van der Waals surface area contributed by atoms with E-state index >= 15 is 0 Å². The van der Waals surface area contributed by atoms with Gasteiger partial charge in [-0.15, -0.1) is 0 Å². The van der Waals surface area contributed by atoms with Crippen molar-refractivity contribution in [2.75, 3.05) is 7.11 Å². The summed E-state index contributed by atoms with van der Waals surface area (Å²) in [6.45, 7) is 0. The van der Waals surface area contributed by atoms with E-state index in [0.717, 1.165) is 6.07 Å². The quantitative estimate of drug-likeness (QED) is 0.229. The van der Waals surface area contributed by atoms with Crippen molar-refractivity contribution in [3.05, 3.63) is 92.7 Å². The molecule has 0 saturated carbocycles. The molecule has 9 heteroatoms. The van der Waals surface area contributed by atoms with Crippen LogP contribution >= 0.6 is 15.9 Å². The number of ether oxygens (including phenoxy) is 2. The first-order valence-electron chi connectivity index (χ1n) is 9.48. The smallest absolute Gasteiger partial charge is 0.450 e. The van der Waals surface area contributed by atoms with Gasteiger partial charge >= 0.3 is 12.1 Å². The van der Waals surface area contributed by atoms with Crippen molar-refractivity contribution in [2.24, 2.45) is 0 Å². The largest absolute Gasteiger partial charge is 0.497 e. The molecule has 0 aliphatic carbocycles. The lowest BCUT2D eigenvalue weighted by Gasteiger charge is -2.13. The molecule has 0 fully saturated rings. The van der Waals surface area contributed by atoms with Crippen LogP contribution in [0.15, 0.2) is 80.4 Å². The third-order valence-electron chi connectivity index (χ3n) is 4.80. The summed E-state index contributed by atoms with van der Waals surface area (Å²) in [5.41, 5.74) is -1.58. The van der Waals surface area contributed by atoms with Gasteiger partial charge in [-0.25, -0.2) is 4.79 Å². The van der Waals surface area contributed by atoms with Crippen LogP contribution in [0.4, 0.5) is 13.2 Å². The Balaban J connectivity index is 1.82. The summed E-state index contributed by atoms with van der Waals surface area (Å²) in [5.74, 6) is -1.82. The zero-order valence-electron chi connectivity index (χ0n) is 16.9. The van der Waals surface area contributed by atoms with Gasteiger partial charge in [0.1, 0.15) is 17.1 Å². The maximum Gasteiger partial charge on any atom is 0.450 e. The molecule has 0 radical (unpaired) electrons. The molecule has 3 aromatic carbocycles. The van der Waals surface area contributed by atoms with Crippen LogP contribution in [0.5, 0.6) is 11.5 Å². The average molecular weight is 519 g/mol. The van der Waals surface area contributed by atoms with Gasteiger partial charge in [0.15, 0.2) is 0 Å². The van der Waals surface area contributed by atoms with E-state index in [2.05, 4.69) is 15.9 Å². The summed E-state index contributed by atoms with van der Waals surface area (Å²) in [4.78, 5) is 25.5. The summed E-state index contributed by atoms with van der Waals surface area (Å²) < 4.78 is 57.4. The molecule has 0 aliphatic heterocycles. The van der Waals surface area contributed by atoms with Crippen LogP contribution in [0, 0.1) is 0 Å². The van der Waals surface area contributed by atoms with Crippen molar-refractivity contribution in [1.29, 1.82) is 0 Å². The lowest BCUT2D eigenvalue weighted by Crippen LogP contribution is -2.16. The van der Waals surface area contributed by atoms with Gasteiger partial charge in [-0.2, -0.15) is 13.2 Å². The number of carbonyl (C=O) groups is 1. The summed E-state index contributed by atoms with van der Waals surface area (Å²) in [5, 5.41) is -0.0884. The average Bonchev–Trinajstić information content (AvgIpc) is 2.78. The lowest BCUT2D eigenvalue weighted by atomic mass is 10.0. The molecule has 4 aromatic rings. The SMILES string of the molecule is COc1ccc(-c2c(C(F)(F)F)oc3cc(OC(=O)c4ccccc4Br)ccc3c2=O)cc1. The number of rotatable bonds is 4. The number of esters is 1.